The highest BCUT2D eigenvalue weighted by molar-refractivity contribution is 6.06. The third-order valence-corrected chi connectivity index (χ3v) is 2.59. The molecule has 0 saturated carbocycles. The van der Waals surface area contributed by atoms with Gasteiger partial charge in [0, 0.05) is 18.1 Å². The second-order valence-corrected chi connectivity index (χ2v) is 3.97. The van der Waals surface area contributed by atoms with Crippen molar-refractivity contribution in [3.05, 3.63) is 42.1 Å². The van der Waals surface area contributed by atoms with Crippen molar-refractivity contribution in [3.8, 4) is 0 Å². The second kappa shape index (κ2) is 4.45. The van der Waals surface area contributed by atoms with Crippen molar-refractivity contribution in [1.29, 1.82) is 0 Å². The minimum absolute atomic E-state index is 0.235. The molecule has 0 atom stereocenters. The highest BCUT2D eigenvalue weighted by atomic mass is 16.2. The molecule has 94 valence electrons. The number of carbonyl (C=O) groups excluding carboxylic acids is 1. The van der Waals surface area contributed by atoms with Crippen LogP contribution in [0.3, 0.4) is 0 Å². The van der Waals surface area contributed by atoms with Gasteiger partial charge in [-0.3, -0.25) is 14.9 Å². The van der Waals surface area contributed by atoms with Crippen LogP contribution >= 0.6 is 0 Å². The topological polar surface area (TPSA) is 96.5 Å². The van der Waals surface area contributed by atoms with Crippen LogP contribution in [0.1, 0.15) is 16.2 Å². The third kappa shape index (κ3) is 2.13. The summed E-state index contributed by atoms with van der Waals surface area (Å²) in [6.07, 6.45) is 4.36. The van der Waals surface area contributed by atoms with E-state index in [1.165, 1.54) is 18.6 Å². The summed E-state index contributed by atoms with van der Waals surface area (Å²) in [6, 6.07) is 3.71. The van der Waals surface area contributed by atoms with Gasteiger partial charge < -0.3 is 5.32 Å². The molecule has 0 aliphatic heterocycles. The Hall–Kier alpha value is -2.83. The Morgan fingerprint density at radius 1 is 1.32 bits per heavy atom. The lowest BCUT2D eigenvalue weighted by molar-refractivity contribution is 0.102. The lowest BCUT2D eigenvalue weighted by Crippen LogP contribution is -2.14. The number of aromatic nitrogens is 5. The van der Waals surface area contributed by atoms with E-state index in [0.29, 0.717) is 11.5 Å². The third-order valence-electron chi connectivity index (χ3n) is 2.59. The van der Waals surface area contributed by atoms with Crippen LogP contribution in [-0.2, 0) is 0 Å². The molecule has 2 N–H and O–H groups in total. The van der Waals surface area contributed by atoms with Crippen molar-refractivity contribution < 1.29 is 4.79 Å². The summed E-state index contributed by atoms with van der Waals surface area (Å²) in [6.45, 7) is 1.89. The van der Waals surface area contributed by atoms with Gasteiger partial charge in [-0.05, 0) is 19.1 Å². The van der Waals surface area contributed by atoms with Gasteiger partial charge in [-0.1, -0.05) is 0 Å². The van der Waals surface area contributed by atoms with E-state index in [1.807, 2.05) is 19.1 Å². The van der Waals surface area contributed by atoms with E-state index < -0.39 is 0 Å². The number of anilines is 1. The summed E-state index contributed by atoms with van der Waals surface area (Å²) in [5.74, 6) is 0.0697. The van der Waals surface area contributed by atoms with Gasteiger partial charge in [-0.25, -0.2) is 9.97 Å². The molecule has 0 aromatic carbocycles. The summed E-state index contributed by atoms with van der Waals surface area (Å²) in [5.41, 5.74) is 1.75. The smallest absolute Gasteiger partial charge is 0.277 e. The normalized spacial score (nSPS) is 10.6. The maximum atomic E-state index is 11.9. The minimum Gasteiger partial charge on any atom is -0.303 e. The monoisotopic (exact) mass is 254 g/mol. The number of amides is 1. The molecule has 3 aromatic rings. The van der Waals surface area contributed by atoms with E-state index in [0.717, 1.165) is 11.1 Å². The van der Waals surface area contributed by atoms with Crippen LogP contribution in [0, 0.1) is 6.92 Å². The molecule has 0 saturated heterocycles. The quantitative estimate of drug-likeness (QED) is 0.718. The van der Waals surface area contributed by atoms with Crippen molar-refractivity contribution >= 4 is 22.8 Å². The van der Waals surface area contributed by atoms with E-state index in [4.69, 9.17) is 0 Å². The van der Waals surface area contributed by atoms with Gasteiger partial charge >= 0.3 is 0 Å². The van der Waals surface area contributed by atoms with Crippen molar-refractivity contribution in [1.82, 2.24) is 25.1 Å². The van der Waals surface area contributed by atoms with E-state index in [-0.39, 0.29) is 11.6 Å². The van der Waals surface area contributed by atoms with Crippen molar-refractivity contribution in [2.75, 3.05) is 5.32 Å². The van der Waals surface area contributed by atoms with Gasteiger partial charge in [0.25, 0.3) is 5.91 Å². The Balaban J connectivity index is 1.92. The first-order valence-electron chi connectivity index (χ1n) is 5.63. The molecule has 0 bridgehead atoms. The lowest BCUT2D eigenvalue weighted by atomic mass is 10.3. The first kappa shape index (κ1) is 11.3. The fraction of sp³-hybridized carbons (Fsp3) is 0.0833. The van der Waals surface area contributed by atoms with E-state index >= 15 is 0 Å². The maximum absolute atomic E-state index is 11.9. The number of hydrogen-bond donors (Lipinski definition) is 2. The Morgan fingerprint density at radius 2 is 2.21 bits per heavy atom. The van der Waals surface area contributed by atoms with Gasteiger partial charge in [-0.2, -0.15) is 5.10 Å². The predicted molar refractivity (Wildman–Crippen MR) is 68.6 cm³/mol. The average Bonchev–Trinajstić information content (AvgIpc) is 2.82. The van der Waals surface area contributed by atoms with Crippen LogP contribution in [-0.4, -0.2) is 31.1 Å². The molecule has 7 nitrogen and oxygen atoms in total. The SMILES string of the molecule is Cc1ccc2c(NC(=O)c3cnccn3)n[nH]c2n1. The van der Waals surface area contributed by atoms with Crippen LogP contribution < -0.4 is 5.32 Å². The van der Waals surface area contributed by atoms with Crippen LogP contribution in [0.25, 0.3) is 11.0 Å². The number of nitrogens with one attached hydrogen (secondary N) is 2. The van der Waals surface area contributed by atoms with Crippen LogP contribution in [0.5, 0.6) is 0 Å². The van der Waals surface area contributed by atoms with Gasteiger partial charge in [-0.15, -0.1) is 0 Å². The van der Waals surface area contributed by atoms with Crippen LogP contribution in [0.4, 0.5) is 5.82 Å². The molecule has 0 radical (unpaired) electrons. The van der Waals surface area contributed by atoms with Crippen LogP contribution in [0.2, 0.25) is 0 Å². The zero-order chi connectivity index (χ0) is 13.2. The number of nitrogens with zero attached hydrogens (tertiary/aromatic N) is 4. The lowest BCUT2D eigenvalue weighted by Gasteiger charge is -2.00. The summed E-state index contributed by atoms with van der Waals surface area (Å²) >= 11 is 0. The maximum Gasteiger partial charge on any atom is 0.277 e. The number of hydrogen-bond acceptors (Lipinski definition) is 5. The van der Waals surface area contributed by atoms with Crippen LogP contribution in [0.15, 0.2) is 30.7 Å². The highest BCUT2D eigenvalue weighted by Crippen LogP contribution is 2.19. The Bertz CT molecular complexity index is 736. The number of fused-ring (bicyclic) bond motifs is 1. The molecule has 3 heterocycles. The van der Waals surface area contributed by atoms with Gasteiger partial charge in [0.15, 0.2) is 11.5 Å². The van der Waals surface area contributed by atoms with Crippen molar-refractivity contribution in [2.45, 2.75) is 6.92 Å². The molecule has 1 amide bonds. The Morgan fingerprint density at radius 3 is 3.00 bits per heavy atom. The largest absolute Gasteiger partial charge is 0.303 e. The first-order chi connectivity index (χ1) is 9.24. The van der Waals surface area contributed by atoms with Gasteiger partial charge in [0.2, 0.25) is 0 Å². The number of H-pyrrole nitrogens is 1. The molecule has 0 aliphatic carbocycles. The summed E-state index contributed by atoms with van der Waals surface area (Å²) in [7, 11) is 0. The van der Waals surface area contributed by atoms with Crippen molar-refractivity contribution in [3.63, 3.8) is 0 Å². The van der Waals surface area contributed by atoms with E-state index in [1.54, 1.807) is 0 Å². The zero-order valence-corrected chi connectivity index (χ0v) is 10.1. The molecule has 3 aromatic heterocycles. The van der Waals surface area contributed by atoms with E-state index in [9.17, 15) is 4.79 Å². The minimum atomic E-state index is -0.359. The zero-order valence-electron chi connectivity index (χ0n) is 10.1. The fourth-order valence-electron chi connectivity index (χ4n) is 1.69. The summed E-state index contributed by atoms with van der Waals surface area (Å²) < 4.78 is 0. The molecular formula is C12H10N6O. The molecule has 0 fully saturated rings. The number of pyridine rings is 1. The standard InChI is InChI=1S/C12H10N6O/c1-7-2-3-8-10(15-7)17-18-11(8)16-12(19)9-6-13-4-5-14-9/h2-6H,1H3,(H2,15,16,17,18,19). The van der Waals surface area contributed by atoms with E-state index in [2.05, 4.69) is 30.5 Å². The predicted octanol–water partition coefficient (Wildman–Crippen LogP) is 1.31. The Labute approximate surface area is 108 Å². The highest BCUT2D eigenvalue weighted by Gasteiger charge is 2.12. The molecule has 3 rings (SSSR count). The van der Waals surface area contributed by atoms with Gasteiger partial charge in [0.05, 0.1) is 11.6 Å². The first-order valence-corrected chi connectivity index (χ1v) is 5.63. The Kier molecular flexibility index (Phi) is 2.64. The second-order valence-electron chi connectivity index (χ2n) is 3.97. The molecule has 0 spiro atoms. The van der Waals surface area contributed by atoms with Gasteiger partial charge in [0.1, 0.15) is 5.69 Å². The van der Waals surface area contributed by atoms with Crippen molar-refractivity contribution in [2.24, 2.45) is 0 Å². The number of aryl methyl sites for hydroxylation is 1. The summed E-state index contributed by atoms with van der Waals surface area (Å²) in [4.78, 5) is 24.0. The number of rotatable bonds is 2. The molecule has 7 heteroatoms. The average molecular weight is 254 g/mol. The molecular weight excluding hydrogens is 244 g/mol. The summed E-state index contributed by atoms with van der Waals surface area (Å²) in [5, 5.41) is 10.2. The fourth-order valence-corrected chi connectivity index (χ4v) is 1.69. The number of carbonyl (C=O) groups is 1. The molecule has 19 heavy (non-hydrogen) atoms. The molecule has 0 unspecified atom stereocenters. The number of aromatic amines is 1. The molecule has 0 aliphatic rings.